The lowest BCUT2D eigenvalue weighted by Gasteiger charge is -2.16. The first-order valence-electron chi connectivity index (χ1n) is 13.1. The van der Waals surface area contributed by atoms with Crippen LogP contribution in [0.5, 0.6) is 0 Å². The first kappa shape index (κ1) is 27.5. The molecular formula is C30H32ClN7O2. The lowest BCUT2D eigenvalue weighted by molar-refractivity contribution is 0.0895. The Morgan fingerprint density at radius 1 is 1.10 bits per heavy atom. The maximum absolute atomic E-state index is 12.8. The van der Waals surface area contributed by atoms with Gasteiger partial charge < -0.3 is 20.1 Å². The van der Waals surface area contributed by atoms with Gasteiger partial charge in [0, 0.05) is 35.0 Å². The molecule has 0 saturated carbocycles. The molecule has 4 heterocycles. The number of halogens is 1. The fourth-order valence-corrected chi connectivity index (χ4v) is 5.11. The Hall–Kier alpha value is -4.08. The van der Waals surface area contributed by atoms with Gasteiger partial charge in [0.25, 0.3) is 0 Å². The van der Waals surface area contributed by atoms with Crippen LogP contribution in [0.2, 0.25) is 0 Å². The minimum absolute atomic E-state index is 0. The Bertz CT molecular complexity index is 1760. The van der Waals surface area contributed by atoms with Gasteiger partial charge in [-0.25, -0.2) is 9.97 Å². The summed E-state index contributed by atoms with van der Waals surface area (Å²) in [7, 11) is 0. The van der Waals surface area contributed by atoms with E-state index in [0.717, 1.165) is 57.4 Å². The molecule has 0 bridgehead atoms. The van der Waals surface area contributed by atoms with Crippen molar-refractivity contribution >= 4 is 45.8 Å². The molecule has 1 atom stereocenters. The molecule has 2 aromatic carbocycles. The maximum Gasteiger partial charge on any atom is 0.315 e. The van der Waals surface area contributed by atoms with Crippen LogP contribution in [0.1, 0.15) is 66.9 Å². The Labute approximate surface area is 238 Å². The van der Waals surface area contributed by atoms with E-state index in [0.29, 0.717) is 5.82 Å². The Morgan fingerprint density at radius 3 is 2.60 bits per heavy atom. The average molecular weight is 558 g/mol. The molecule has 0 saturated heterocycles. The number of hydrogen-bond donors (Lipinski definition) is 3. The summed E-state index contributed by atoms with van der Waals surface area (Å²) in [6.45, 7) is 11.7. The van der Waals surface area contributed by atoms with E-state index < -0.39 is 5.91 Å². The van der Waals surface area contributed by atoms with E-state index in [4.69, 9.17) is 4.52 Å². The van der Waals surface area contributed by atoms with Crippen molar-refractivity contribution in [2.45, 2.75) is 46.1 Å². The normalized spacial score (nSPS) is 14.3. The quantitative estimate of drug-likeness (QED) is 0.254. The van der Waals surface area contributed by atoms with Gasteiger partial charge in [0.15, 0.2) is 5.82 Å². The zero-order valence-corrected chi connectivity index (χ0v) is 23.9. The molecule has 1 amide bonds. The third-order valence-corrected chi connectivity index (χ3v) is 7.22. The monoisotopic (exact) mass is 557 g/mol. The molecule has 40 heavy (non-hydrogen) atoms. The van der Waals surface area contributed by atoms with Gasteiger partial charge in [-0.15, -0.1) is 12.4 Å². The summed E-state index contributed by atoms with van der Waals surface area (Å²) < 4.78 is 5.20. The summed E-state index contributed by atoms with van der Waals surface area (Å²) >= 11 is 0. The highest BCUT2D eigenvalue weighted by atomic mass is 35.5. The zero-order valence-electron chi connectivity index (χ0n) is 23.1. The number of nitrogens with one attached hydrogen (secondary N) is 3. The van der Waals surface area contributed by atoms with E-state index in [1.807, 2.05) is 46.8 Å². The van der Waals surface area contributed by atoms with Gasteiger partial charge in [0.2, 0.25) is 0 Å². The van der Waals surface area contributed by atoms with Gasteiger partial charge in [-0.2, -0.15) is 4.98 Å². The topological polar surface area (TPSA) is 122 Å². The first-order chi connectivity index (χ1) is 18.7. The van der Waals surface area contributed by atoms with Crippen molar-refractivity contribution in [3.8, 4) is 11.3 Å². The first-order valence-corrected chi connectivity index (χ1v) is 13.1. The number of aromatic amines is 1. The average Bonchev–Trinajstić information content (AvgIpc) is 3.67. The molecule has 1 aliphatic heterocycles. The van der Waals surface area contributed by atoms with E-state index in [1.165, 1.54) is 11.1 Å². The third-order valence-electron chi connectivity index (χ3n) is 7.22. The van der Waals surface area contributed by atoms with E-state index in [-0.39, 0.29) is 29.8 Å². The smallest absolute Gasteiger partial charge is 0.315 e. The largest absolute Gasteiger partial charge is 0.341 e. The van der Waals surface area contributed by atoms with Crippen LogP contribution in [-0.4, -0.2) is 44.1 Å². The molecule has 0 aliphatic carbocycles. The lowest BCUT2D eigenvalue weighted by atomic mass is 9.96. The summed E-state index contributed by atoms with van der Waals surface area (Å²) in [5.74, 6) is 0.0688. The molecule has 5 aromatic rings. The van der Waals surface area contributed by atoms with E-state index >= 15 is 0 Å². The molecule has 1 aliphatic rings. The van der Waals surface area contributed by atoms with Crippen LogP contribution in [0.4, 0.5) is 0 Å². The van der Waals surface area contributed by atoms with Crippen molar-refractivity contribution in [2.24, 2.45) is 0 Å². The van der Waals surface area contributed by atoms with Gasteiger partial charge >= 0.3 is 11.8 Å². The number of amides is 1. The van der Waals surface area contributed by atoms with Crippen LogP contribution >= 0.6 is 12.4 Å². The molecule has 10 heteroatoms. The van der Waals surface area contributed by atoms with Crippen molar-refractivity contribution in [1.82, 2.24) is 35.7 Å². The van der Waals surface area contributed by atoms with Gasteiger partial charge in [-0.3, -0.25) is 4.79 Å². The molecule has 206 valence electrons. The fraction of sp³-hybridized carbons (Fsp3) is 0.300. The number of rotatable bonds is 5. The van der Waals surface area contributed by atoms with Crippen LogP contribution in [0, 0.1) is 6.92 Å². The molecule has 6 rings (SSSR count). The molecule has 0 spiro atoms. The molecule has 0 fully saturated rings. The fourth-order valence-electron chi connectivity index (χ4n) is 5.11. The second-order valence-corrected chi connectivity index (χ2v) is 11.1. The molecule has 0 unspecified atom stereocenters. The highest BCUT2D eigenvalue weighted by Crippen LogP contribution is 2.34. The van der Waals surface area contributed by atoms with Crippen LogP contribution in [0.25, 0.3) is 38.8 Å². The van der Waals surface area contributed by atoms with Gasteiger partial charge in [-0.05, 0) is 48.2 Å². The number of fused-ring (bicyclic) bond motifs is 3. The molecular weight excluding hydrogens is 526 g/mol. The number of benzene rings is 2. The number of carbonyl (C=O) groups is 1. The minimum atomic E-state index is -0.395. The predicted molar refractivity (Wildman–Crippen MR) is 159 cm³/mol. The Morgan fingerprint density at radius 2 is 1.90 bits per heavy atom. The molecule has 9 nitrogen and oxygen atoms in total. The minimum Gasteiger partial charge on any atom is -0.341 e. The van der Waals surface area contributed by atoms with E-state index in [1.54, 1.807) is 6.33 Å². The number of aryl methyl sites for hydroxylation is 1. The summed E-state index contributed by atoms with van der Waals surface area (Å²) in [4.78, 5) is 29.7. The van der Waals surface area contributed by atoms with Crippen molar-refractivity contribution in [2.75, 3.05) is 13.1 Å². The van der Waals surface area contributed by atoms with Crippen LogP contribution < -0.4 is 10.6 Å². The lowest BCUT2D eigenvalue weighted by Crippen LogP contribution is -2.27. The van der Waals surface area contributed by atoms with Crippen LogP contribution in [-0.2, 0) is 5.41 Å². The van der Waals surface area contributed by atoms with Crippen molar-refractivity contribution in [3.05, 3.63) is 77.2 Å². The highest BCUT2D eigenvalue weighted by Gasteiger charge is 2.25. The van der Waals surface area contributed by atoms with Crippen molar-refractivity contribution < 1.29 is 9.32 Å². The Kier molecular flexibility index (Phi) is 7.20. The summed E-state index contributed by atoms with van der Waals surface area (Å²) in [5.41, 5.74) is 7.95. The van der Waals surface area contributed by atoms with Gasteiger partial charge in [0.1, 0.15) is 12.0 Å². The SMILES string of the molecule is Cc1cc(-c2ncnc3[nH]c4cc(C5=CCNC5)ccc4c23)ccc1[C@@H](C)NC(=O)c1nc(C(C)(C)C)no1.Cl. The van der Waals surface area contributed by atoms with E-state index in [2.05, 4.69) is 66.1 Å². The molecule has 3 aromatic heterocycles. The second-order valence-electron chi connectivity index (χ2n) is 11.1. The number of carbonyl (C=O) groups excluding carboxylic acids is 1. The predicted octanol–water partition coefficient (Wildman–Crippen LogP) is 5.67. The summed E-state index contributed by atoms with van der Waals surface area (Å²) in [5, 5.41) is 12.4. The van der Waals surface area contributed by atoms with Gasteiger partial charge in [0.05, 0.1) is 17.1 Å². The van der Waals surface area contributed by atoms with Crippen LogP contribution in [0.15, 0.2) is 53.3 Å². The van der Waals surface area contributed by atoms with Crippen molar-refractivity contribution in [1.29, 1.82) is 0 Å². The zero-order chi connectivity index (χ0) is 27.3. The second kappa shape index (κ2) is 10.5. The van der Waals surface area contributed by atoms with E-state index in [9.17, 15) is 4.79 Å². The number of H-pyrrole nitrogens is 1. The molecule has 3 N–H and O–H groups in total. The number of aromatic nitrogens is 5. The maximum atomic E-state index is 12.8. The highest BCUT2D eigenvalue weighted by molar-refractivity contribution is 6.12. The summed E-state index contributed by atoms with van der Waals surface area (Å²) in [6, 6.07) is 12.4. The number of nitrogens with zero attached hydrogens (tertiary/aromatic N) is 4. The Balaban J connectivity index is 0.00000323. The van der Waals surface area contributed by atoms with Crippen LogP contribution in [0.3, 0.4) is 0 Å². The summed E-state index contributed by atoms with van der Waals surface area (Å²) in [6.07, 6.45) is 3.83. The third kappa shape index (κ3) is 4.98. The molecule has 0 radical (unpaired) electrons. The number of hydrogen-bond acceptors (Lipinski definition) is 7. The van der Waals surface area contributed by atoms with Crippen molar-refractivity contribution in [3.63, 3.8) is 0 Å². The van der Waals surface area contributed by atoms with Gasteiger partial charge in [-0.1, -0.05) is 56.3 Å². The standard InChI is InChI=1S/C30H31N7O2.ClH/c1-16-12-19(7-8-21(16)17(2)34-27(38)28-36-29(37-39-28)30(3,4)5)25-24-22-9-6-18(20-10-11-31-14-20)13-23(22)35-26(24)33-15-32-25;/h6-10,12-13,15,17,31H,11,14H2,1-5H3,(H,34,38)(H,32,33,35);1H/t17-;/m1./s1.